The average Bonchev–Trinajstić information content (AvgIpc) is 4.12. The molecule has 2 heterocycles. The molecule has 0 aliphatic heterocycles. The Morgan fingerprint density at radius 1 is 0.448 bits per heavy atom. The molecule has 0 aliphatic carbocycles. The first-order valence-corrected chi connectivity index (χ1v) is 20.9. The maximum Gasteiger partial charge on any atom is 0.339 e. The molecule has 0 atom stereocenters. The molecule has 15 heteroatoms. The SMILES string of the molecule is COC(=O)c1ccc(-c2ccoc2)cc1NC(=O)c1ccccc1.COC(=O)c1ccc(Br)cc1NC(=O)c1ccccc1.O=C(Nc1cc(-c2ccoc2)ccc1C(=O)O)c1ccccc1. The zero-order valence-electron chi connectivity index (χ0n) is 35.7. The topological polar surface area (TPSA) is 203 Å². The van der Waals surface area contributed by atoms with Crippen LogP contribution in [0.25, 0.3) is 22.3 Å². The van der Waals surface area contributed by atoms with Crippen LogP contribution in [0.15, 0.2) is 196 Å². The summed E-state index contributed by atoms with van der Waals surface area (Å²) in [6, 6.07) is 44.6. The highest BCUT2D eigenvalue weighted by molar-refractivity contribution is 9.10. The second-order valence-electron chi connectivity index (χ2n) is 14.0. The Morgan fingerprint density at radius 3 is 1.16 bits per heavy atom. The molecule has 0 unspecified atom stereocenters. The first-order valence-electron chi connectivity index (χ1n) is 20.1. The first kappa shape index (κ1) is 47.7. The van der Waals surface area contributed by atoms with E-state index in [0.29, 0.717) is 33.6 Å². The van der Waals surface area contributed by atoms with Gasteiger partial charge in [-0.15, -0.1) is 0 Å². The number of esters is 2. The minimum Gasteiger partial charge on any atom is -0.478 e. The molecule has 0 fully saturated rings. The quantitative estimate of drug-likeness (QED) is 0.0898. The molecule has 14 nitrogen and oxygen atoms in total. The summed E-state index contributed by atoms with van der Waals surface area (Å²) < 4.78 is 20.4. The molecule has 0 bridgehead atoms. The van der Waals surface area contributed by atoms with Crippen molar-refractivity contribution in [1.82, 2.24) is 0 Å². The number of carbonyl (C=O) groups is 6. The third kappa shape index (κ3) is 12.9. The largest absolute Gasteiger partial charge is 0.478 e. The summed E-state index contributed by atoms with van der Waals surface area (Å²) in [6.07, 6.45) is 6.24. The van der Waals surface area contributed by atoms with E-state index in [1.807, 2.05) is 12.1 Å². The monoisotopic (exact) mass is 961 g/mol. The number of amides is 3. The van der Waals surface area contributed by atoms with Gasteiger partial charge in [0.05, 0.1) is 73.0 Å². The summed E-state index contributed by atoms with van der Waals surface area (Å²) in [6.45, 7) is 0. The van der Waals surface area contributed by atoms with Crippen LogP contribution in [0.3, 0.4) is 0 Å². The lowest BCUT2D eigenvalue weighted by molar-refractivity contribution is 0.0592. The van der Waals surface area contributed by atoms with Crippen molar-refractivity contribution < 1.29 is 52.2 Å². The van der Waals surface area contributed by atoms with Gasteiger partial charge in [0, 0.05) is 32.3 Å². The smallest absolute Gasteiger partial charge is 0.339 e. The zero-order chi connectivity index (χ0) is 47.7. The Labute approximate surface area is 392 Å². The fourth-order valence-electron chi connectivity index (χ4n) is 6.25. The van der Waals surface area contributed by atoms with Gasteiger partial charge in [0.1, 0.15) is 0 Å². The van der Waals surface area contributed by atoms with Gasteiger partial charge in [-0.25, -0.2) is 14.4 Å². The number of hydrogen-bond acceptors (Lipinski definition) is 10. The van der Waals surface area contributed by atoms with Crippen LogP contribution in [0.4, 0.5) is 17.1 Å². The number of rotatable bonds is 11. The van der Waals surface area contributed by atoms with Gasteiger partial charge in [0.2, 0.25) is 0 Å². The summed E-state index contributed by atoms with van der Waals surface area (Å²) in [4.78, 5) is 71.8. The lowest BCUT2D eigenvalue weighted by atomic mass is 10.0. The second kappa shape index (κ2) is 23.2. The normalized spacial score (nSPS) is 10.1. The Hall–Kier alpha value is -8.82. The molecular formula is C52H40BrN3O11. The molecule has 6 aromatic carbocycles. The van der Waals surface area contributed by atoms with Crippen molar-refractivity contribution in [1.29, 1.82) is 0 Å². The summed E-state index contributed by atoms with van der Waals surface area (Å²) in [5.74, 6) is -3.07. The minimum atomic E-state index is -1.10. The number of benzene rings is 6. The Bertz CT molecular complexity index is 2980. The van der Waals surface area contributed by atoms with Gasteiger partial charge in [-0.1, -0.05) is 82.7 Å². The van der Waals surface area contributed by atoms with Crippen LogP contribution in [0.2, 0.25) is 0 Å². The number of carboxylic acid groups (broad SMARTS) is 1. The number of nitrogens with one attached hydrogen (secondary N) is 3. The van der Waals surface area contributed by atoms with E-state index in [-0.39, 0.29) is 34.5 Å². The van der Waals surface area contributed by atoms with Gasteiger partial charge >= 0.3 is 17.9 Å². The minimum absolute atomic E-state index is 0.0292. The third-order valence-corrected chi connectivity index (χ3v) is 10.1. The molecule has 0 aliphatic rings. The van der Waals surface area contributed by atoms with Crippen molar-refractivity contribution >= 4 is 68.6 Å². The molecule has 0 saturated heterocycles. The average molecular weight is 963 g/mol. The number of halogens is 1. The fraction of sp³-hybridized carbons (Fsp3) is 0.0385. The van der Waals surface area contributed by atoms with E-state index in [0.717, 1.165) is 26.7 Å². The van der Waals surface area contributed by atoms with E-state index in [2.05, 4.69) is 31.9 Å². The number of carboxylic acids is 1. The molecule has 2 aromatic heterocycles. The van der Waals surface area contributed by atoms with E-state index in [1.54, 1.807) is 158 Å². The van der Waals surface area contributed by atoms with Gasteiger partial charge < -0.3 is 39.4 Å². The maximum absolute atomic E-state index is 12.4. The summed E-state index contributed by atoms with van der Waals surface area (Å²) in [5.41, 5.74) is 6.35. The van der Waals surface area contributed by atoms with Crippen molar-refractivity contribution in [2.24, 2.45) is 0 Å². The van der Waals surface area contributed by atoms with Crippen molar-refractivity contribution in [2.45, 2.75) is 0 Å². The van der Waals surface area contributed by atoms with Crippen LogP contribution in [-0.4, -0.2) is 55.0 Å². The number of carbonyl (C=O) groups excluding carboxylic acids is 5. The number of anilines is 3. The second-order valence-corrected chi connectivity index (χ2v) is 14.9. The predicted octanol–water partition coefficient (Wildman–Crippen LogP) is 11.4. The van der Waals surface area contributed by atoms with Crippen molar-refractivity contribution in [3.8, 4) is 22.3 Å². The lowest BCUT2D eigenvalue weighted by Gasteiger charge is -2.11. The number of furan rings is 2. The van der Waals surface area contributed by atoms with Crippen LogP contribution in [0.1, 0.15) is 62.1 Å². The van der Waals surface area contributed by atoms with E-state index in [1.165, 1.54) is 26.5 Å². The molecule has 336 valence electrons. The molecule has 0 spiro atoms. The van der Waals surface area contributed by atoms with Crippen LogP contribution < -0.4 is 16.0 Å². The van der Waals surface area contributed by atoms with Crippen LogP contribution in [0.5, 0.6) is 0 Å². The predicted molar refractivity (Wildman–Crippen MR) is 255 cm³/mol. The fourth-order valence-corrected chi connectivity index (χ4v) is 6.61. The summed E-state index contributed by atoms with van der Waals surface area (Å²) in [7, 11) is 2.60. The number of hydrogen-bond donors (Lipinski definition) is 4. The molecular weight excluding hydrogens is 922 g/mol. The molecule has 3 amide bonds. The van der Waals surface area contributed by atoms with Crippen LogP contribution in [-0.2, 0) is 9.47 Å². The molecule has 8 aromatic rings. The van der Waals surface area contributed by atoms with Crippen molar-refractivity contribution in [3.05, 3.63) is 221 Å². The Morgan fingerprint density at radius 2 is 0.806 bits per heavy atom. The first-order chi connectivity index (χ1) is 32.4. The van der Waals surface area contributed by atoms with Crippen LogP contribution in [0, 0.1) is 0 Å². The number of aromatic carboxylic acids is 1. The molecule has 4 N–H and O–H groups in total. The van der Waals surface area contributed by atoms with E-state index in [9.17, 15) is 33.9 Å². The highest BCUT2D eigenvalue weighted by Crippen LogP contribution is 2.29. The maximum atomic E-state index is 12.4. The van der Waals surface area contributed by atoms with E-state index in [4.69, 9.17) is 18.3 Å². The van der Waals surface area contributed by atoms with Crippen molar-refractivity contribution in [2.75, 3.05) is 30.2 Å². The van der Waals surface area contributed by atoms with E-state index < -0.39 is 17.9 Å². The summed E-state index contributed by atoms with van der Waals surface area (Å²) in [5, 5.41) is 17.4. The van der Waals surface area contributed by atoms with Gasteiger partial charge in [0.15, 0.2) is 0 Å². The van der Waals surface area contributed by atoms with Gasteiger partial charge in [-0.3, -0.25) is 14.4 Å². The number of methoxy groups -OCH3 is 2. The van der Waals surface area contributed by atoms with Gasteiger partial charge in [0.25, 0.3) is 17.7 Å². The Balaban J connectivity index is 0.000000167. The number of ether oxygens (including phenoxy) is 2. The highest BCUT2D eigenvalue weighted by Gasteiger charge is 2.18. The van der Waals surface area contributed by atoms with Gasteiger partial charge in [-0.05, 0) is 102 Å². The van der Waals surface area contributed by atoms with Gasteiger partial charge in [-0.2, -0.15) is 0 Å². The standard InChI is InChI=1S/C19H15NO4.C18H13NO4.C15H12BrNO3/c1-23-19(22)16-8-7-14(15-9-10-24-12-15)11-17(16)20-18(21)13-5-3-2-4-6-13;20-17(12-4-2-1-3-5-12)19-16-10-13(14-8-9-23-11-14)6-7-15(16)18(21)22;1-20-15(19)12-8-7-11(16)9-13(12)17-14(18)10-5-3-2-4-6-10/h2-12H,1H3,(H,20,21);1-11H,(H,19,20)(H,21,22);2-9H,1H3,(H,17,18). The Kier molecular flexibility index (Phi) is 16.5. The van der Waals surface area contributed by atoms with Crippen molar-refractivity contribution in [3.63, 3.8) is 0 Å². The molecule has 0 saturated carbocycles. The summed E-state index contributed by atoms with van der Waals surface area (Å²) >= 11 is 3.31. The molecule has 67 heavy (non-hydrogen) atoms. The zero-order valence-corrected chi connectivity index (χ0v) is 37.3. The lowest BCUT2D eigenvalue weighted by Crippen LogP contribution is -2.15. The third-order valence-electron chi connectivity index (χ3n) is 9.62. The molecule has 0 radical (unpaired) electrons. The van der Waals surface area contributed by atoms with Crippen LogP contribution >= 0.6 is 15.9 Å². The molecule has 8 rings (SSSR count). The highest BCUT2D eigenvalue weighted by atomic mass is 79.9. The van der Waals surface area contributed by atoms with E-state index >= 15 is 0 Å².